The van der Waals surface area contributed by atoms with Gasteiger partial charge in [0.05, 0.1) is 16.6 Å². The lowest BCUT2D eigenvalue weighted by atomic mass is 9.90. The molecule has 5 rings (SSSR count). The molecule has 3 N–H and O–H groups in total. The lowest BCUT2D eigenvalue weighted by Crippen LogP contribution is -2.40. The van der Waals surface area contributed by atoms with E-state index in [0.29, 0.717) is 47.3 Å². The molecule has 4 aromatic rings. The number of aromatic nitrogens is 3. The van der Waals surface area contributed by atoms with Gasteiger partial charge in [-0.3, -0.25) is 4.79 Å². The minimum atomic E-state index is -4.55. The third kappa shape index (κ3) is 5.57. The molecule has 2 aromatic heterocycles. The summed E-state index contributed by atoms with van der Waals surface area (Å²) in [7, 11) is 0. The minimum Gasteiger partial charge on any atom is -0.382 e. The number of benzene rings is 2. The van der Waals surface area contributed by atoms with Gasteiger partial charge < -0.3 is 15.6 Å². The Morgan fingerprint density at radius 1 is 1.05 bits per heavy atom. The molecule has 10 heteroatoms. The molecule has 0 bridgehead atoms. The van der Waals surface area contributed by atoms with Crippen molar-refractivity contribution in [3.05, 3.63) is 64.1 Å². The van der Waals surface area contributed by atoms with E-state index < -0.39 is 11.9 Å². The Morgan fingerprint density at radius 2 is 1.79 bits per heavy atom. The number of pyridine rings is 1. The van der Waals surface area contributed by atoms with Crippen LogP contribution in [0, 0.1) is 6.92 Å². The number of anilines is 1. The zero-order chi connectivity index (χ0) is 27.0. The summed E-state index contributed by atoms with van der Waals surface area (Å²) in [5.74, 6) is 0.775. The van der Waals surface area contributed by atoms with Crippen molar-refractivity contribution in [3.63, 3.8) is 0 Å². The van der Waals surface area contributed by atoms with Gasteiger partial charge in [0.1, 0.15) is 11.5 Å². The first kappa shape index (κ1) is 26.3. The van der Waals surface area contributed by atoms with Gasteiger partial charge in [0.2, 0.25) is 0 Å². The highest BCUT2D eigenvalue weighted by atomic mass is 35.5. The average molecular weight is 544 g/mol. The summed E-state index contributed by atoms with van der Waals surface area (Å²) in [6.45, 7) is 4.06. The molecule has 0 saturated heterocycles. The van der Waals surface area contributed by atoms with Gasteiger partial charge in [-0.25, -0.2) is 9.97 Å². The fourth-order valence-electron chi connectivity index (χ4n) is 5.16. The number of aryl methyl sites for hydroxylation is 2. The van der Waals surface area contributed by atoms with Crippen molar-refractivity contribution in [1.82, 2.24) is 20.3 Å². The normalized spacial score (nSPS) is 18.2. The molecule has 1 fully saturated rings. The van der Waals surface area contributed by atoms with Crippen LogP contribution in [0.5, 0.6) is 0 Å². The summed E-state index contributed by atoms with van der Waals surface area (Å²) in [6, 6.07) is 9.35. The number of hydrogen-bond acceptors (Lipinski definition) is 4. The van der Waals surface area contributed by atoms with Crippen molar-refractivity contribution in [2.45, 2.75) is 70.6 Å². The number of H-pyrrole nitrogens is 1. The number of halogens is 4. The Bertz CT molecular complexity index is 1490. The highest BCUT2D eigenvalue weighted by Crippen LogP contribution is 2.35. The maximum atomic E-state index is 13.5. The van der Waals surface area contributed by atoms with Crippen LogP contribution in [0.3, 0.4) is 0 Å². The molecule has 200 valence electrons. The summed E-state index contributed by atoms with van der Waals surface area (Å²) in [5, 5.41) is 7.39. The van der Waals surface area contributed by atoms with Crippen molar-refractivity contribution in [2.24, 2.45) is 0 Å². The van der Waals surface area contributed by atoms with Crippen LogP contribution < -0.4 is 10.6 Å². The number of amides is 1. The average Bonchev–Trinajstić information content (AvgIpc) is 3.28. The molecule has 0 aliphatic heterocycles. The molecule has 0 spiro atoms. The van der Waals surface area contributed by atoms with Crippen LogP contribution in [0.1, 0.15) is 66.5 Å². The molecule has 1 saturated carbocycles. The van der Waals surface area contributed by atoms with E-state index in [1.54, 1.807) is 6.07 Å². The highest BCUT2D eigenvalue weighted by molar-refractivity contribution is 6.31. The Kier molecular flexibility index (Phi) is 7.22. The fraction of sp³-hybridized carbons (Fsp3) is 0.393. The van der Waals surface area contributed by atoms with Gasteiger partial charge in [0.25, 0.3) is 5.91 Å². The van der Waals surface area contributed by atoms with Crippen LogP contribution in [-0.2, 0) is 12.6 Å². The Balaban J connectivity index is 1.25. The summed E-state index contributed by atoms with van der Waals surface area (Å²) < 4.78 is 40.4. The van der Waals surface area contributed by atoms with Crippen LogP contribution in [-0.4, -0.2) is 32.9 Å². The predicted octanol–water partition coefficient (Wildman–Crippen LogP) is 7.20. The second-order valence-electron chi connectivity index (χ2n) is 10.0. The number of fused-ring (bicyclic) bond motifs is 2. The smallest absolute Gasteiger partial charge is 0.382 e. The molecule has 6 nitrogen and oxygen atoms in total. The number of nitrogens with zero attached hydrogens (tertiary/aromatic N) is 2. The number of nitrogens with one attached hydrogen (secondary N) is 3. The lowest BCUT2D eigenvalue weighted by Gasteiger charge is -2.31. The van der Waals surface area contributed by atoms with E-state index in [9.17, 15) is 18.0 Å². The van der Waals surface area contributed by atoms with E-state index in [1.165, 1.54) is 12.1 Å². The molecule has 0 unspecified atom stereocenters. The van der Waals surface area contributed by atoms with Crippen LogP contribution in [0.25, 0.3) is 21.9 Å². The molecule has 38 heavy (non-hydrogen) atoms. The third-order valence-corrected chi connectivity index (χ3v) is 7.31. The van der Waals surface area contributed by atoms with Gasteiger partial charge >= 0.3 is 6.18 Å². The monoisotopic (exact) mass is 543 g/mol. The van der Waals surface area contributed by atoms with E-state index in [1.807, 2.05) is 19.1 Å². The van der Waals surface area contributed by atoms with Crippen molar-refractivity contribution >= 4 is 45.1 Å². The van der Waals surface area contributed by atoms with Gasteiger partial charge in [-0.05, 0) is 81.0 Å². The SMILES string of the molecule is CCCc1nc2cc(C(=O)N[C@H]3CC[C@@H](Nc4cc(C(F)(F)F)nc5ccc(Cl)cc45)CC3)cc(C)c2[nH]1. The maximum absolute atomic E-state index is 13.5. The van der Waals surface area contributed by atoms with Gasteiger partial charge in [-0.15, -0.1) is 0 Å². The van der Waals surface area contributed by atoms with E-state index in [4.69, 9.17) is 11.6 Å². The van der Waals surface area contributed by atoms with Crippen LogP contribution in [0.2, 0.25) is 5.02 Å². The number of imidazole rings is 1. The number of carbonyl (C=O) groups is 1. The first-order valence-corrected chi connectivity index (χ1v) is 13.2. The quantitative estimate of drug-likeness (QED) is 0.240. The van der Waals surface area contributed by atoms with Gasteiger partial charge in [-0.1, -0.05) is 18.5 Å². The standard InChI is InChI=1S/C28H29ClF3N5O/c1-3-4-25-36-23-12-16(11-15(2)26(23)37-25)27(38)34-19-8-6-18(7-9-19)33-22-14-24(28(30,31)32)35-21-10-5-17(29)13-20(21)22/h5,10-14,18-19H,3-4,6-9H2,1-2H3,(H,33,35)(H,34,38)(H,36,37)/t18-,19+. The van der Waals surface area contributed by atoms with Crippen molar-refractivity contribution < 1.29 is 18.0 Å². The van der Waals surface area contributed by atoms with Crippen LogP contribution in [0.4, 0.5) is 18.9 Å². The predicted molar refractivity (Wildman–Crippen MR) is 144 cm³/mol. The van der Waals surface area contributed by atoms with Crippen molar-refractivity contribution in [3.8, 4) is 0 Å². The lowest BCUT2D eigenvalue weighted by molar-refractivity contribution is -0.140. The Morgan fingerprint density at radius 3 is 2.50 bits per heavy atom. The number of carbonyl (C=O) groups excluding carboxylic acids is 1. The Labute approximate surface area is 223 Å². The second-order valence-corrected chi connectivity index (χ2v) is 10.4. The zero-order valence-electron chi connectivity index (χ0n) is 21.2. The molecule has 2 aromatic carbocycles. The summed E-state index contributed by atoms with van der Waals surface area (Å²) in [4.78, 5) is 24.8. The number of aromatic amines is 1. The fourth-order valence-corrected chi connectivity index (χ4v) is 5.33. The molecular weight excluding hydrogens is 515 g/mol. The topological polar surface area (TPSA) is 82.7 Å². The summed E-state index contributed by atoms with van der Waals surface area (Å²) in [6.07, 6.45) is 0.113. The highest BCUT2D eigenvalue weighted by Gasteiger charge is 2.34. The second kappa shape index (κ2) is 10.4. The molecule has 0 radical (unpaired) electrons. The van der Waals surface area contributed by atoms with E-state index in [0.717, 1.165) is 41.3 Å². The first-order chi connectivity index (χ1) is 18.1. The number of alkyl halides is 3. The van der Waals surface area contributed by atoms with Gasteiger partial charge in [0, 0.05) is 40.2 Å². The maximum Gasteiger partial charge on any atom is 0.433 e. The zero-order valence-corrected chi connectivity index (χ0v) is 21.9. The largest absolute Gasteiger partial charge is 0.433 e. The molecular formula is C28H29ClF3N5O. The van der Waals surface area contributed by atoms with Gasteiger partial charge in [0.15, 0.2) is 0 Å². The Hall–Kier alpha value is -3.33. The third-order valence-electron chi connectivity index (χ3n) is 7.07. The molecule has 1 amide bonds. The summed E-state index contributed by atoms with van der Waals surface area (Å²) >= 11 is 6.11. The van der Waals surface area contributed by atoms with Crippen LogP contribution in [0.15, 0.2) is 36.4 Å². The van der Waals surface area contributed by atoms with Crippen molar-refractivity contribution in [1.29, 1.82) is 0 Å². The van der Waals surface area contributed by atoms with E-state index in [-0.39, 0.29) is 23.5 Å². The molecule has 1 aliphatic rings. The minimum absolute atomic E-state index is 0.0132. The molecule has 0 atom stereocenters. The number of hydrogen-bond donors (Lipinski definition) is 3. The van der Waals surface area contributed by atoms with Gasteiger partial charge in [-0.2, -0.15) is 13.2 Å². The van der Waals surface area contributed by atoms with Crippen molar-refractivity contribution in [2.75, 3.05) is 5.32 Å². The molecule has 2 heterocycles. The van der Waals surface area contributed by atoms with E-state index >= 15 is 0 Å². The van der Waals surface area contributed by atoms with Crippen LogP contribution >= 0.6 is 11.6 Å². The summed E-state index contributed by atoms with van der Waals surface area (Å²) in [5.41, 5.74) is 2.94. The first-order valence-electron chi connectivity index (χ1n) is 12.8. The van der Waals surface area contributed by atoms with E-state index in [2.05, 4.69) is 32.5 Å². The number of rotatable bonds is 6. The molecule has 1 aliphatic carbocycles.